The van der Waals surface area contributed by atoms with Crippen LogP contribution in [-0.4, -0.2) is 29.3 Å². The Morgan fingerprint density at radius 2 is 2.00 bits per heavy atom. The first-order valence-electron chi connectivity index (χ1n) is 7.13. The SMILES string of the molecule is O=C(O)c1ccc(F)c(S(=O)(=O)Nc2ccc(-n3cccn3)c(Cl)c2)c1. The average Bonchev–Trinajstić information content (AvgIpc) is 3.08. The molecule has 26 heavy (non-hydrogen) atoms. The van der Waals surface area contributed by atoms with Crippen molar-refractivity contribution in [3.8, 4) is 5.69 Å². The molecule has 0 unspecified atom stereocenters. The summed E-state index contributed by atoms with van der Waals surface area (Å²) in [7, 11) is -4.35. The van der Waals surface area contributed by atoms with Crippen LogP contribution in [0.2, 0.25) is 5.02 Å². The molecule has 134 valence electrons. The maximum Gasteiger partial charge on any atom is 0.335 e. The molecule has 0 aliphatic rings. The first-order valence-corrected chi connectivity index (χ1v) is 8.99. The van der Waals surface area contributed by atoms with Crippen LogP contribution in [0.4, 0.5) is 10.1 Å². The van der Waals surface area contributed by atoms with Gasteiger partial charge in [0.05, 0.1) is 22.0 Å². The van der Waals surface area contributed by atoms with Crippen molar-refractivity contribution in [1.29, 1.82) is 0 Å². The molecule has 0 fully saturated rings. The molecule has 0 amide bonds. The zero-order valence-corrected chi connectivity index (χ0v) is 14.5. The van der Waals surface area contributed by atoms with Gasteiger partial charge in [-0.25, -0.2) is 22.3 Å². The minimum atomic E-state index is -4.35. The third kappa shape index (κ3) is 3.53. The summed E-state index contributed by atoms with van der Waals surface area (Å²) in [5.74, 6) is -2.44. The van der Waals surface area contributed by atoms with E-state index in [-0.39, 0.29) is 16.3 Å². The zero-order chi connectivity index (χ0) is 18.9. The van der Waals surface area contributed by atoms with Crippen molar-refractivity contribution in [3.05, 3.63) is 71.3 Å². The second-order valence-electron chi connectivity index (χ2n) is 5.17. The molecule has 3 aromatic rings. The summed E-state index contributed by atoms with van der Waals surface area (Å²) >= 11 is 6.15. The highest BCUT2D eigenvalue weighted by atomic mass is 35.5. The number of anilines is 1. The number of carboxylic acid groups (broad SMARTS) is 1. The van der Waals surface area contributed by atoms with Gasteiger partial charge < -0.3 is 5.11 Å². The van der Waals surface area contributed by atoms with Gasteiger partial charge in [0.1, 0.15) is 10.7 Å². The van der Waals surface area contributed by atoms with Crippen LogP contribution in [0.3, 0.4) is 0 Å². The molecule has 0 aliphatic carbocycles. The Balaban J connectivity index is 1.94. The van der Waals surface area contributed by atoms with E-state index in [1.54, 1.807) is 18.5 Å². The normalized spacial score (nSPS) is 11.3. The molecular formula is C16H11ClFN3O4S. The van der Waals surface area contributed by atoms with Crippen molar-refractivity contribution in [1.82, 2.24) is 9.78 Å². The Morgan fingerprint density at radius 1 is 1.23 bits per heavy atom. The number of sulfonamides is 1. The summed E-state index contributed by atoms with van der Waals surface area (Å²) < 4.78 is 42.4. The number of nitrogens with zero attached hydrogens (tertiary/aromatic N) is 2. The van der Waals surface area contributed by atoms with Gasteiger partial charge in [0.15, 0.2) is 0 Å². The highest BCUT2D eigenvalue weighted by Gasteiger charge is 2.21. The van der Waals surface area contributed by atoms with E-state index in [4.69, 9.17) is 16.7 Å². The fourth-order valence-electron chi connectivity index (χ4n) is 2.22. The lowest BCUT2D eigenvalue weighted by atomic mass is 10.2. The summed E-state index contributed by atoms with van der Waals surface area (Å²) in [5.41, 5.74) is 0.267. The standard InChI is InChI=1S/C16H11ClFN3O4S/c17-12-9-11(3-5-14(12)21-7-1-6-19-21)20-26(24,25)15-8-10(16(22)23)2-4-13(15)18/h1-9,20H,(H,22,23). The molecule has 0 atom stereocenters. The maximum absolute atomic E-state index is 13.9. The van der Waals surface area contributed by atoms with Crippen LogP contribution in [0.15, 0.2) is 59.8 Å². The number of hydrogen-bond acceptors (Lipinski definition) is 4. The van der Waals surface area contributed by atoms with Gasteiger partial charge in [-0.3, -0.25) is 4.72 Å². The molecule has 10 heteroatoms. The molecule has 0 radical (unpaired) electrons. The van der Waals surface area contributed by atoms with Crippen molar-refractivity contribution in [2.45, 2.75) is 4.90 Å². The van der Waals surface area contributed by atoms with Crippen LogP contribution in [0.1, 0.15) is 10.4 Å². The van der Waals surface area contributed by atoms with Crippen LogP contribution in [0.5, 0.6) is 0 Å². The molecule has 1 heterocycles. The lowest BCUT2D eigenvalue weighted by Gasteiger charge is -2.11. The van der Waals surface area contributed by atoms with Gasteiger partial charge in [0.2, 0.25) is 0 Å². The molecule has 0 aliphatic heterocycles. The van der Waals surface area contributed by atoms with E-state index in [2.05, 4.69) is 9.82 Å². The van der Waals surface area contributed by atoms with E-state index in [1.165, 1.54) is 22.9 Å². The number of carbonyl (C=O) groups is 1. The smallest absolute Gasteiger partial charge is 0.335 e. The molecular weight excluding hydrogens is 385 g/mol. The fourth-order valence-corrected chi connectivity index (χ4v) is 3.64. The minimum absolute atomic E-state index is 0.0889. The van der Waals surface area contributed by atoms with Crippen molar-refractivity contribution >= 4 is 33.3 Å². The van der Waals surface area contributed by atoms with Gasteiger partial charge in [-0.2, -0.15) is 5.10 Å². The minimum Gasteiger partial charge on any atom is -0.478 e. The van der Waals surface area contributed by atoms with Gasteiger partial charge in [-0.1, -0.05) is 11.6 Å². The average molecular weight is 396 g/mol. The number of benzene rings is 2. The van der Waals surface area contributed by atoms with E-state index in [0.717, 1.165) is 18.2 Å². The summed E-state index contributed by atoms with van der Waals surface area (Å²) in [6.45, 7) is 0. The van der Waals surface area contributed by atoms with Gasteiger partial charge in [0, 0.05) is 12.4 Å². The molecule has 3 rings (SSSR count). The molecule has 1 aromatic heterocycles. The van der Waals surface area contributed by atoms with Crippen LogP contribution in [-0.2, 0) is 10.0 Å². The number of nitrogens with one attached hydrogen (secondary N) is 1. The second-order valence-corrected chi connectivity index (χ2v) is 7.23. The van der Waals surface area contributed by atoms with Gasteiger partial charge >= 0.3 is 5.97 Å². The lowest BCUT2D eigenvalue weighted by molar-refractivity contribution is 0.0696. The first kappa shape index (κ1) is 17.9. The van der Waals surface area contributed by atoms with Crippen molar-refractivity contribution in [2.24, 2.45) is 0 Å². The van der Waals surface area contributed by atoms with E-state index < -0.39 is 26.7 Å². The molecule has 0 saturated carbocycles. The van der Waals surface area contributed by atoms with Crippen LogP contribution < -0.4 is 4.72 Å². The Hall–Kier alpha value is -2.91. The number of hydrogen-bond donors (Lipinski definition) is 2. The number of carboxylic acids is 1. The molecule has 2 aromatic carbocycles. The van der Waals surface area contributed by atoms with Gasteiger partial charge in [0.25, 0.3) is 10.0 Å². The fraction of sp³-hybridized carbons (Fsp3) is 0. The molecule has 0 bridgehead atoms. The van der Waals surface area contributed by atoms with E-state index in [0.29, 0.717) is 5.69 Å². The lowest BCUT2D eigenvalue weighted by Crippen LogP contribution is -2.15. The Morgan fingerprint density at radius 3 is 2.62 bits per heavy atom. The second kappa shape index (κ2) is 6.77. The van der Waals surface area contributed by atoms with Gasteiger partial charge in [-0.05, 0) is 42.5 Å². The summed E-state index contributed by atoms with van der Waals surface area (Å²) in [4.78, 5) is 10.2. The predicted octanol–water partition coefficient (Wildman–Crippen LogP) is 3.16. The molecule has 2 N–H and O–H groups in total. The highest BCUT2D eigenvalue weighted by Crippen LogP contribution is 2.26. The van der Waals surface area contributed by atoms with Crippen LogP contribution in [0.25, 0.3) is 5.69 Å². The number of aromatic nitrogens is 2. The van der Waals surface area contributed by atoms with Gasteiger partial charge in [-0.15, -0.1) is 0 Å². The largest absolute Gasteiger partial charge is 0.478 e. The van der Waals surface area contributed by atoms with Crippen LogP contribution in [0, 0.1) is 5.82 Å². The van der Waals surface area contributed by atoms with Crippen molar-refractivity contribution in [3.63, 3.8) is 0 Å². The predicted molar refractivity (Wildman–Crippen MR) is 92.7 cm³/mol. The number of halogens is 2. The van der Waals surface area contributed by atoms with Crippen molar-refractivity contribution in [2.75, 3.05) is 4.72 Å². The third-order valence-corrected chi connectivity index (χ3v) is 5.12. The third-order valence-electron chi connectivity index (χ3n) is 3.42. The number of aromatic carboxylic acids is 1. The van der Waals surface area contributed by atoms with Crippen molar-refractivity contribution < 1.29 is 22.7 Å². The quantitative estimate of drug-likeness (QED) is 0.691. The Bertz CT molecular complexity index is 1080. The first-order chi connectivity index (χ1) is 12.3. The topological polar surface area (TPSA) is 101 Å². The zero-order valence-electron chi connectivity index (χ0n) is 12.9. The Labute approximate surface area is 152 Å². The summed E-state index contributed by atoms with van der Waals surface area (Å²) in [5, 5.41) is 13.2. The molecule has 0 saturated heterocycles. The Kier molecular flexibility index (Phi) is 4.66. The molecule has 0 spiro atoms. The monoisotopic (exact) mass is 395 g/mol. The van der Waals surface area contributed by atoms with E-state index in [9.17, 15) is 17.6 Å². The van der Waals surface area contributed by atoms with E-state index >= 15 is 0 Å². The highest BCUT2D eigenvalue weighted by molar-refractivity contribution is 7.92. The van der Waals surface area contributed by atoms with Crippen LogP contribution >= 0.6 is 11.6 Å². The molecule has 7 nitrogen and oxygen atoms in total. The summed E-state index contributed by atoms with van der Waals surface area (Å²) in [6, 6.07) is 8.52. The maximum atomic E-state index is 13.9. The number of rotatable bonds is 5. The summed E-state index contributed by atoms with van der Waals surface area (Å²) in [6.07, 6.45) is 3.23. The van der Waals surface area contributed by atoms with E-state index in [1.807, 2.05) is 0 Å².